The standard InChI is InChI=1S/C16H24N2O3/c1-20-10-11-21-15-5-3-14(4-6-15)18-16(19)7-2-13-8-9-17-12-13/h3-6,13,17H,2,7-12H2,1H3,(H,18,19). The van der Waals surface area contributed by atoms with Crippen molar-refractivity contribution in [3.63, 3.8) is 0 Å². The summed E-state index contributed by atoms with van der Waals surface area (Å²) in [6.45, 7) is 3.21. The van der Waals surface area contributed by atoms with Gasteiger partial charge in [0.2, 0.25) is 5.91 Å². The Balaban J connectivity index is 1.70. The lowest BCUT2D eigenvalue weighted by atomic mass is 10.0. The van der Waals surface area contributed by atoms with Crippen molar-refractivity contribution in [1.29, 1.82) is 0 Å². The zero-order valence-electron chi connectivity index (χ0n) is 12.6. The summed E-state index contributed by atoms with van der Waals surface area (Å²) < 4.78 is 10.4. The van der Waals surface area contributed by atoms with Gasteiger partial charge in [-0.3, -0.25) is 4.79 Å². The van der Waals surface area contributed by atoms with Gasteiger partial charge >= 0.3 is 0 Å². The third-order valence-electron chi connectivity index (χ3n) is 3.64. The topological polar surface area (TPSA) is 59.6 Å². The summed E-state index contributed by atoms with van der Waals surface area (Å²) >= 11 is 0. The quantitative estimate of drug-likeness (QED) is 0.720. The molecule has 1 atom stereocenters. The minimum Gasteiger partial charge on any atom is -0.491 e. The van der Waals surface area contributed by atoms with E-state index in [4.69, 9.17) is 9.47 Å². The first-order chi connectivity index (χ1) is 10.3. The molecule has 0 aromatic heterocycles. The van der Waals surface area contributed by atoms with Crippen LogP contribution in [0, 0.1) is 5.92 Å². The van der Waals surface area contributed by atoms with Crippen LogP contribution in [0.5, 0.6) is 5.75 Å². The van der Waals surface area contributed by atoms with Gasteiger partial charge < -0.3 is 20.1 Å². The zero-order valence-corrected chi connectivity index (χ0v) is 12.6. The molecule has 1 aromatic carbocycles. The zero-order chi connectivity index (χ0) is 14.9. The Morgan fingerprint density at radius 3 is 2.81 bits per heavy atom. The molecular formula is C16H24N2O3. The third kappa shape index (κ3) is 5.73. The lowest BCUT2D eigenvalue weighted by Gasteiger charge is -2.10. The maximum Gasteiger partial charge on any atom is 0.224 e. The van der Waals surface area contributed by atoms with Crippen LogP contribution in [0.2, 0.25) is 0 Å². The molecular weight excluding hydrogens is 268 g/mol. The highest BCUT2D eigenvalue weighted by molar-refractivity contribution is 5.90. The van der Waals surface area contributed by atoms with Crippen LogP contribution in [0.1, 0.15) is 19.3 Å². The van der Waals surface area contributed by atoms with E-state index in [1.165, 1.54) is 6.42 Å². The van der Waals surface area contributed by atoms with Crippen molar-refractivity contribution in [3.8, 4) is 5.75 Å². The molecule has 1 heterocycles. The predicted molar refractivity (Wildman–Crippen MR) is 82.7 cm³/mol. The van der Waals surface area contributed by atoms with Crippen molar-refractivity contribution >= 4 is 11.6 Å². The fraction of sp³-hybridized carbons (Fsp3) is 0.562. The van der Waals surface area contributed by atoms with Crippen molar-refractivity contribution in [2.24, 2.45) is 5.92 Å². The first-order valence-electron chi connectivity index (χ1n) is 7.50. The molecule has 2 rings (SSSR count). The number of carbonyl (C=O) groups excluding carboxylic acids is 1. The molecule has 2 N–H and O–H groups in total. The molecule has 1 aliphatic rings. The maximum atomic E-state index is 11.9. The third-order valence-corrected chi connectivity index (χ3v) is 3.64. The summed E-state index contributed by atoms with van der Waals surface area (Å²) in [5.41, 5.74) is 0.809. The van der Waals surface area contributed by atoms with E-state index in [1.54, 1.807) is 7.11 Å². The average molecular weight is 292 g/mol. The maximum absolute atomic E-state index is 11.9. The molecule has 116 valence electrons. The van der Waals surface area contributed by atoms with Crippen LogP contribution in [-0.4, -0.2) is 39.3 Å². The lowest BCUT2D eigenvalue weighted by Crippen LogP contribution is -2.15. The van der Waals surface area contributed by atoms with Gasteiger partial charge in [-0.2, -0.15) is 0 Å². The number of rotatable bonds is 8. The minimum absolute atomic E-state index is 0.0787. The highest BCUT2D eigenvalue weighted by atomic mass is 16.5. The molecule has 5 heteroatoms. The Kier molecular flexibility index (Phi) is 6.50. The van der Waals surface area contributed by atoms with Crippen LogP contribution < -0.4 is 15.4 Å². The molecule has 1 saturated heterocycles. The van der Waals surface area contributed by atoms with Gasteiger partial charge in [0, 0.05) is 19.2 Å². The van der Waals surface area contributed by atoms with Crippen molar-refractivity contribution in [2.45, 2.75) is 19.3 Å². The largest absolute Gasteiger partial charge is 0.491 e. The molecule has 1 aromatic rings. The summed E-state index contributed by atoms with van der Waals surface area (Å²) in [5.74, 6) is 1.50. The predicted octanol–water partition coefficient (Wildman–Crippen LogP) is 2.04. The summed E-state index contributed by atoms with van der Waals surface area (Å²) in [6, 6.07) is 7.42. The summed E-state index contributed by atoms with van der Waals surface area (Å²) in [6.07, 6.45) is 2.72. The minimum atomic E-state index is 0.0787. The van der Waals surface area contributed by atoms with Gasteiger partial charge in [0.05, 0.1) is 6.61 Å². The van der Waals surface area contributed by atoms with Crippen LogP contribution in [0.3, 0.4) is 0 Å². The highest BCUT2D eigenvalue weighted by Gasteiger charge is 2.15. The Morgan fingerprint density at radius 2 is 2.14 bits per heavy atom. The van der Waals surface area contributed by atoms with Crippen molar-refractivity contribution in [2.75, 3.05) is 38.7 Å². The highest BCUT2D eigenvalue weighted by Crippen LogP contribution is 2.17. The molecule has 0 aliphatic carbocycles. The van der Waals surface area contributed by atoms with Crippen LogP contribution in [0.4, 0.5) is 5.69 Å². The van der Waals surface area contributed by atoms with Gasteiger partial charge in [0.1, 0.15) is 12.4 Å². The van der Waals surface area contributed by atoms with E-state index in [0.717, 1.165) is 30.9 Å². The second-order valence-electron chi connectivity index (χ2n) is 5.31. The number of nitrogens with one attached hydrogen (secondary N) is 2. The van der Waals surface area contributed by atoms with Gasteiger partial charge in [-0.25, -0.2) is 0 Å². The Bertz CT molecular complexity index is 428. The smallest absolute Gasteiger partial charge is 0.224 e. The van der Waals surface area contributed by atoms with Gasteiger partial charge in [0.25, 0.3) is 0 Å². The number of methoxy groups -OCH3 is 1. The number of anilines is 1. The lowest BCUT2D eigenvalue weighted by molar-refractivity contribution is -0.116. The Hall–Kier alpha value is -1.59. The molecule has 1 aliphatic heterocycles. The van der Waals surface area contributed by atoms with Crippen LogP contribution in [0.25, 0.3) is 0 Å². The molecule has 0 saturated carbocycles. The fourth-order valence-corrected chi connectivity index (χ4v) is 2.40. The average Bonchev–Trinajstić information content (AvgIpc) is 3.01. The van der Waals surface area contributed by atoms with Crippen LogP contribution in [0.15, 0.2) is 24.3 Å². The number of amides is 1. The molecule has 5 nitrogen and oxygen atoms in total. The first-order valence-corrected chi connectivity index (χ1v) is 7.50. The van der Waals surface area contributed by atoms with E-state index in [0.29, 0.717) is 25.6 Å². The van der Waals surface area contributed by atoms with E-state index in [9.17, 15) is 4.79 Å². The Morgan fingerprint density at radius 1 is 1.33 bits per heavy atom. The molecule has 21 heavy (non-hydrogen) atoms. The van der Waals surface area contributed by atoms with Gasteiger partial charge in [-0.05, 0) is 56.1 Å². The van der Waals surface area contributed by atoms with E-state index in [-0.39, 0.29) is 5.91 Å². The molecule has 0 radical (unpaired) electrons. The van der Waals surface area contributed by atoms with Crippen LogP contribution >= 0.6 is 0 Å². The second-order valence-corrected chi connectivity index (χ2v) is 5.31. The number of ether oxygens (including phenoxy) is 2. The number of carbonyl (C=O) groups is 1. The van der Waals surface area contributed by atoms with E-state index >= 15 is 0 Å². The van der Waals surface area contributed by atoms with E-state index in [1.807, 2.05) is 24.3 Å². The van der Waals surface area contributed by atoms with Gasteiger partial charge in [-0.15, -0.1) is 0 Å². The van der Waals surface area contributed by atoms with E-state index in [2.05, 4.69) is 10.6 Å². The van der Waals surface area contributed by atoms with Crippen molar-refractivity contribution in [3.05, 3.63) is 24.3 Å². The van der Waals surface area contributed by atoms with Crippen LogP contribution in [-0.2, 0) is 9.53 Å². The van der Waals surface area contributed by atoms with Crippen molar-refractivity contribution in [1.82, 2.24) is 5.32 Å². The normalized spacial score (nSPS) is 17.7. The van der Waals surface area contributed by atoms with E-state index < -0.39 is 0 Å². The van der Waals surface area contributed by atoms with Gasteiger partial charge in [-0.1, -0.05) is 0 Å². The molecule has 0 spiro atoms. The SMILES string of the molecule is COCCOc1ccc(NC(=O)CCC2CCNC2)cc1. The summed E-state index contributed by atoms with van der Waals surface area (Å²) in [5, 5.41) is 6.24. The Labute approximate surface area is 126 Å². The summed E-state index contributed by atoms with van der Waals surface area (Å²) in [4.78, 5) is 11.9. The number of hydrogen-bond donors (Lipinski definition) is 2. The van der Waals surface area contributed by atoms with Gasteiger partial charge in [0.15, 0.2) is 0 Å². The molecule has 1 amide bonds. The molecule has 1 fully saturated rings. The monoisotopic (exact) mass is 292 g/mol. The summed E-state index contributed by atoms with van der Waals surface area (Å²) in [7, 11) is 1.64. The second kappa shape index (κ2) is 8.64. The molecule has 1 unspecified atom stereocenters. The number of hydrogen-bond acceptors (Lipinski definition) is 4. The van der Waals surface area contributed by atoms with Crippen molar-refractivity contribution < 1.29 is 14.3 Å². The first kappa shape index (κ1) is 15.8. The molecule has 0 bridgehead atoms. The fourth-order valence-electron chi connectivity index (χ4n) is 2.40. The number of benzene rings is 1.